The van der Waals surface area contributed by atoms with Gasteiger partial charge in [-0.3, -0.25) is 0 Å². The largest absolute Gasteiger partial charge is 0.384 e. The van der Waals surface area contributed by atoms with Crippen molar-refractivity contribution >= 4 is 17.6 Å². The lowest BCUT2D eigenvalue weighted by Gasteiger charge is -2.08. The highest BCUT2D eigenvalue weighted by molar-refractivity contribution is 7.99. The number of nitrogens with two attached hydrogens (primary N) is 1. The van der Waals surface area contributed by atoms with Gasteiger partial charge in [0.15, 0.2) is 5.82 Å². The average molecular weight is 241 g/mol. The second kappa shape index (κ2) is 6.70. The van der Waals surface area contributed by atoms with Crippen LogP contribution in [-0.4, -0.2) is 22.8 Å². The predicted octanol–water partition coefficient (Wildman–Crippen LogP) is 2.34. The molecule has 0 saturated heterocycles. The van der Waals surface area contributed by atoms with Crippen LogP contribution in [0, 0.1) is 5.92 Å². The zero-order valence-corrected chi connectivity index (χ0v) is 10.9. The van der Waals surface area contributed by atoms with Gasteiger partial charge in [-0.15, -0.1) is 11.8 Å². The highest BCUT2D eigenvalue weighted by Crippen LogP contribution is 2.21. The number of methoxy groups -OCH3 is 1. The summed E-state index contributed by atoms with van der Waals surface area (Å²) >= 11 is 1.72. The monoisotopic (exact) mass is 241 g/mol. The van der Waals surface area contributed by atoms with Gasteiger partial charge >= 0.3 is 0 Å². The van der Waals surface area contributed by atoms with Crippen LogP contribution in [-0.2, 0) is 11.3 Å². The average Bonchev–Trinajstić information content (AvgIpc) is 2.25. The van der Waals surface area contributed by atoms with Crippen LogP contribution in [0.5, 0.6) is 0 Å². The van der Waals surface area contributed by atoms with Gasteiger partial charge in [0.1, 0.15) is 17.5 Å². The maximum Gasteiger partial charge on any atom is 0.157 e. The normalized spacial score (nSPS) is 12.7. The summed E-state index contributed by atoms with van der Waals surface area (Å²) in [5.41, 5.74) is 5.71. The van der Waals surface area contributed by atoms with E-state index in [-0.39, 0.29) is 0 Å². The molecule has 5 heteroatoms. The van der Waals surface area contributed by atoms with Gasteiger partial charge in [-0.1, -0.05) is 20.3 Å². The van der Waals surface area contributed by atoms with Crippen molar-refractivity contribution in [3.05, 3.63) is 11.9 Å². The SMILES string of the molecule is CCC(C)CSc1cc(N)nc(COC)n1. The Kier molecular flexibility index (Phi) is 5.55. The number of nitrogen functional groups attached to an aromatic ring is 1. The van der Waals surface area contributed by atoms with E-state index in [1.165, 1.54) is 6.42 Å². The Hall–Kier alpha value is -0.810. The Labute approximate surface area is 101 Å². The first-order valence-corrected chi connectivity index (χ1v) is 6.39. The summed E-state index contributed by atoms with van der Waals surface area (Å²) in [6.45, 7) is 4.82. The number of rotatable bonds is 6. The third-order valence-corrected chi connectivity index (χ3v) is 3.50. The molecule has 0 saturated carbocycles. The number of hydrogen-bond donors (Lipinski definition) is 1. The molecule has 0 radical (unpaired) electrons. The molecule has 0 amide bonds. The van der Waals surface area contributed by atoms with Gasteiger partial charge in [0, 0.05) is 18.9 Å². The third-order valence-electron chi connectivity index (χ3n) is 2.25. The maximum absolute atomic E-state index is 5.71. The van der Waals surface area contributed by atoms with E-state index in [0.29, 0.717) is 24.2 Å². The summed E-state index contributed by atoms with van der Waals surface area (Å²) in [6, 6.07) is 1.81. The zero-order chi connectivity index (χ0) is 12.0. The van der Waals surface area contributed by atoms with E-state index in [4.69, 9.17) is 10.5 Å². The Morgan fingerprint density at radius 1 is 1.50 bits per heavy atom. The summed E-state index contributed by atoms with van der Waals surface area (Å²) in [4.78, 5) is 8.48. The number of hydrogen-bond acceptors (Lipinski definition) is 5. The highest BCUT2D eigenvalue weighted by atomic mass is 32.2. The molecule has 1 aromatic rings. The molecule has 0 aliphatic rings. The molecule has 2 N–H and O–H groups in total. The molecule has 1 heterocycles. The molecule has 4 nitrogen and oxygen atoms in total. The molecule has 1 rings (SSSR count). The molecular weight excluding hydrogens is 222 g/mol. The molecular formula is C11H19N3OS. The van der Waals surface area contributed by atoms with Crippen LogP contribution in [0.2, 0.25) is 0 Å². The van der Waals surface area contributed by atoms with Crippen LogP contribution in [0.4, 0.5) is 5.82 Å². The van der Waals surface area contributed by atoms with E-state index in [1.54, 1.807) is 18.9 Å². The van der Waals surface area contributed by atoms with E-state index in [0.717, 1.165) is 10.8 Å². The molecule has 1 atom stereocenters. The molecule has 0 aliphatic heterocycles. The van der Waals surface area contributed by atoms with Crippen molar-refractivity contribution in [2.45, 2.75) is 31.9 Å². The third kappa shape index (κ3) is 4.37. The van der Waals surface area contributed by atoms with Gasteiger partial charge in [0.05, 0.1) is 0 Å². The van der Waals surface area contributed by atoms with Crippen molar-refractivity contribution in [2.24, 2.45) is 5.92 Å². The molecule has 1 aromatic heterocycles. The number of aromatic nitrogens is 2. The minimum atomic E-state index is 0.405. The van der Waals surface area contributed by atoms with Crippen LogP contribution < -0.4 is 5.73 Å². The van der Waals surface area contributed by atoms with Crippen molar-refractivity contribution in [1.82, 2.24) is 9.97 Å². The lowest BCUT2D eigenvalue weighted by Crippen LogP contribution is -2.03. The molecule has 0 aromatic carbocycles. The summed E-state index contributed by atoms with van der Waals surface area (Å²) in [7, 11) is 1.62. The number of thioether (sulfide) groups is 1. The number of anilines is 1. The predicted molar refractivity (Wildman–Crippen MR) is 67.3 cm³/mol. The molecule has 16 heavy (non-hydrogen) atoms. The maximum atomic E-state index is 5.71. The summed E-state index contributed by atoms with van der Waals surface area (Å²) in [5, 5.41) is 0.930. The van der Waals surface area contributed by atoms with Crippen molar-refractivity contribution in [3.63, 3.8) is 0 Å². The first-order chi connectivity index (χ1) is 7.65. The van der Waals surface area contributed by atoms with Gasteiger partial charge in [-0.05, 0) is 5.92 Å². The Balaban J connectivity index is 2.64. The second-order valence-corrected chi connectivity index (χ2v) is 4.84. The Morgan fingerprint density at radius 2 is 2.25 bits per heavy atom. The van der Waals surface area contributed by atoms with Crippen LogP contribution in [0.25, 0.3) is 0 Å². The fourth-order valence-corrected chi connectivity index (χ4v) is 2.17. The molecule has 1 unspecified atom stereocenters. The van der Waals surface area contributed by atoms with E-state index in [9.17, 15) is 0 Å². The molecule has 0 spiro atoms. The van der Waals surface area contributed by atoms with E-state index < -0.39 is 0 Å². The summed E-state index contributed by atoms with van der Waals surface area (Å²) < 4.78 is 4.99. The zero-order valence-electron chi connectivity index (χ0n) is 10.1. The molecule has 0 aliphatic carbocycles. The Morgan fingerprint density at radius 3 is 2.88 bits per heavy atom. The van der Waals surface area contributed by atoms with Gasteiger partial charge in [0.25, 0.3) is 0 Å². The minimum absolute atomic E-state index is 0.405. The summed E-state index contributed by atoms with van der Waals surface area (Å²) in [6.07, 6.45) is 1.18. The van der Waals surface area contributed by atoms with Crippen molar-refractivity contribution in [2.75, 3.05) is 18.6 Å². The van der Waals surface area contributed by atoms with Crippen molar-refractivity contribution < 1.29 is 4.74 Å². The van der Waals surface area contributed by atoms with Gasteiger partial charge in [-0.2, -0.15) is 0 Å². The second-order valence-electron chi connectivity index (χ2n) is 3.80. The lowest BCUT2D eigenvalue weighted by atomic mass is 10.2. The topological polar surface area (TPSA) is 61.0 Å². The van der Waals surface area contributed by atoms with Crippen molar-refractivity contribution in [3.8, 4) is 0 Å². The number of ether oxygens (including phenoxy) is 1. The van der Waals surface area contributed by atoms with Gasteiger partial charge in [0.2, 0.25) is 0 Å². The van der Waals surface area contributed by atoms with E-state index in [2.05, 4.69) is 23.8 Å². The first-order valence-electron chi connectivity index (χ1n) is 5.40. The lowest BCUT2D eigenvalue weighted by molar-refractivity contribution is 0.177. The van der Waals surface area contributed by atoms with E-state index >= 15 is 0 Å². The minimum Gasteiger partial charge on any atom is -0.384 e. The Bertz CT molecular complexity index is 333. The number of nitrogens with zero attached hydrogens (tertiary/aromatic N) is 2. The standard InChI is InChI=1S/C11H19N3OS/c1-4-8(2)7-16-11-5-9(12)13-10(14-11)6-15-3/h5,8H,4,6-7H2,1-3H3,(H2,12,13,14). The molecule has 0 fully saturated rings. The molecule has 90 valence electrons. The fourth-order valence-electron chi connectivity index (χ4n) is 1.11. The smallest absolute Gasteiger partial charge is 0.157 e. The quantitative estimate of drug-likeness (QED) is 0.612. The van der Waals surface area contributed by atoms with Crippen LogP contribution in [0.3, 0.4) is 0 Å². The van der Waals surface area contributed by atoms with Gasteiger partial charge < -0.3 is 10.5 Å². The summed E-state index contributed by atoms with van der Waals surface area (Å²) in [5.74, 6) is 2.90. The van der Waals surface area contributed by atoms with Gasteiger partial charge in [-0.25, -0.2) is 9.97 Å². The van der Waals surface area contributed by atoms with Crippen molar-refractivity contribution in [1.29, 1.82) is 0 Å². The fraction of sp³-hybridized carbons (Fsp3) is 0.636. The first kappa shape index (κ1) is 13.3. The van der Waals surface area contributed by atoms with E-state index in [1.807, 2.05) is 6.07 Å². The van der Waals surface area contributed by atoms with Crippen LogP contribution in [0.1, 0.15) is 26.1 Å². The molecule has 0 bridgehead atoms. The van der Waals surface area contributed by atoms with Crippen LogP contribution in [0.15, 0.2) is 11.1 Å². The highest BCUT2D eigenvalue weighted by Gasteiger charge is 2.05. The van der Waals surface area contributed by atoms with Crippen LogP contribution >= 0.6 is 11.8 Å².